The van der Waals surface area contributed by atoms with E-state index in [1.807, 2.05) is 0 Å². The van der Waals surface area contributed by atoms with Crippen molar-refractivity contribution in [3.05, 3.63) is 0 Å². The molecule has 5 N–H and O–H groups in total. The number of aliphatic hydroxyl groups is 3. The highest BCUT2D eigenvalue weighted by atomic mass is 32.1. The van der Waals surface area contributed by atoms with Crippen LogP contribution in [0, 0.1) is 0 Å². The molecular formula is C7H10N2O5S. The maximum Gasteiger partial charge on any atom is 0.282 e. The van der Waals surface area contributed by atoms with Crippen LogP contribution in [-0.4, -0.2) is 57.0 Å². The van der Waals surface area contributed by atoms with Crippen LogP contribution in [0.5, 0.6) is 0 Å². The second kappa shape index (κ2) is 3.35. The average Bonchev–Trinajstić information content (AvgIpc) is 2.60. The molecule has 7 nitrogen and oxygen atoms in total. The molecule has 2 aliphatic heterocycles. The van der Waals surface area contributed by atoms with Gasteiger partial charge in [0.2, 0.25) is 0 Å². The average molecular weight is 234 g/mol. The van der Waals surface area contributed by atoms with Gasteiger partial charge in [-0.3, -0.25) is 10.1 Å². The predicted molar refractivity (Wildman–Crippen MR) is 50.6 cm³/mol. The molecule has 0 radical (unpaired) electrons. The van der Waals surface area contributed by atoms with Gasteiger partial charge in [-0.25, -0.2) is 0 Å². The number of rotatable bonds is 1. The van der Waals surface area contributed by atoms with Crippen LogP contribution in [-0.2, 0) is 9.53 Å². The number of ether oxygens (including phenoxy) is 1. The third-order valence-electron chi connectivity index (χ3n) is 2.50. The first-order valence-corrected chi connectivity index (χ1v) is 4.70. The normalized spacial score (nSPS) is 44.6. The summed E-state index contributed by atoms with van der Waals surface area (Å²) in [5.41, 5.74) is -1.77. The summed E-state index contributed by atoms with van der Waals surface area (Å²) in [5.74, 6) is -0.671. The summed E-state index contributed by atoms with van der Waals surface area (Å²) in [4.78, 5) is 11.5. The summed E-state index contributed by atoms with van der Waals surface area (Å²) in [6, 6.07) is 0. The van der Waals surface area contributed by atoms with E-state index >= 15 is 0 Å². The lowest BCUT2D eigenvalue weighted by atomic mass is 10.0. The molecule has 2 rings (SSSR count). The van der Waals surface area contributed by atoms with Gasteiger partial charge in [0, 0.05) is 0 Å². The van der Waals surface area contributed by atoms with E-state index in [1.54, 1.807) is 0 Å². The monoisotopic (exact) mass is 234 g/mol. The van der Waals surface area contributed by atoms with Gasteiger partial charge in [-0.15, -0.1) is 0 Å². The SMILES string of the molecule is O=C1NC(=S)N[C@]12O[C@H](CO)[C@@H](O)[C@H]2O. The number of aliphatic hydroxyl groups excluding tert-OH is 3. The van der Waals surface area contributed by atoms with Crippen molar-refractivity contribution in [1.82, 2.24) is 10.6 Å². The van der Waals surface area contributed by atoms with Crippen molar-refractivity contribution in [1.29, 1.82) is 0 Å². The number of hydrogen-bond acceptors (Lipinski definition) is 6. The molecule has 2 aliphatic rings. The molecule has 1 amide bonds. The Labute approximate surface area is 90.0 Å². The van der Waals surface area contributed by atoms with Gasteiger partial charge in [0.1, 0.15) is 18.3 Å². The second-order valence-corrected chi connectivity index (χ2v) is 3.83. The molecule has 0 aromatic rings. The summed E-state index contributed by atoms with van der Waals surface area (Å²) in [6.07, 6.45) is -3.83. The molecule has 84 valence electrons. The molecule has 2 fully saturated rings. The predicted octanol–water partition coefficient (Wildman–Crippen LogP) is -3.20. The van der Waals surface area contributed by atoms with Crippen molar-refractivity contribution in [3.63, 3.8) is 0 Å². The molecule has 0 saturated carbocycles. The fraction of sp³-hybridized carbons (Fsp3) is 0.714. The van der Waals surface area contributed by atoms with E-state index in [-0.39, 0.29) is 5.11 Å². The lowest BCUT2D eigenvalue weighted by Crippen LogP contribution is -2.56. The zero-order chi connectivity index (χ0) is 11.2. The van der Waals surface area contributed by atoms with Gasteiger partial charge in [-0.1, -0.05) is 0 Å². The molecule has 4 atom stereocenters. The van der Waals surface area contributed by atoms with E-state index in [2.05, 4.69) is 10.6 Å². The molecule has 15 heavy (non-hydrogen) atoms. The molecule has 0 aromatic carbocycles. The maximum atomic E-state index is 11.5. The summed E-state index contributed by atoms with van der Waals surface area (Å²) >= 11 is 4.69. The van der Waals surface area contributed by atoms with E-state index < -0.39 is 36.6 Å². The van der Waals surface area contributed by atoms with Crippen LogP contribution in [0.4, 0.5) is 0 Å². The Morgan fingerprint density at radius 3 is 2.60 bits per heavy atom. The minimum absolute atomic E-state index is 0.0184. The Balaban J connectivity index is 2.30. The van der Waals surface area contributed by atoms with Crippen LogP contribution >= 0.6 is 12.2 Å². The van der Waals surface area contributed by atoms with Gasteiger partial charge in [0.25, 0.3) is 11.6 Å². The third-order valence-corrected chi connectivity index (χ3v) is 2.71. The quantitative estimate of drug-likeness (QED) is 0.304. The number of thiocarbonyl (C=S) groups is 1. The number of carbonyl (C=O) groups is 1. The van der Waals surface area contributed by atoms with Crippen LogP contribution in [0.1, 0.15) is 0 Å². The Bertz CT molecular complexity index is 325. The topological polar surface area (TPSA) is 111 Å². The second-order valence-electron chi connectivity index (χ2n) is 3.42. The summed E-state index contributed by atoms with van der Waals surface area (Å²) in [6.45, 7) is -0.498. The van der Waals surface area contributed by atoms with Crippen molar-refractivity contribution >= 4 is 23.2 Å². The van der Waals surface area contributed by atoms with E-state index in [1.165, 1.54) is 0 Å². The zero-order valence-electron chi connectivity index (χ0n) is 7.51. The van der Waals surface area contributed by atoms with Crippen molar-refractivity contribution in [3.8, 4) is 0 Å². The van der Waals surface area contributed by atoms with Crippen LogP contribution < -0.4 is 10.6 Å². The standard InChI is InChI=1S/C7H10N2O5S/c10-1-2-3(11)4(12)7(14-2)5(13)8-6(15)9-7/h2-4,10-12H,1H2,(H2,8,9,13,15)/t2-,3-,4-,7-/m1/s1. The van der Waals surface area contributed by atoms with E-state index in [0.717, 1.165) is 0 Å². The molecule has 0 aliphatic carbocycles. The van der Waals surface area contributed by atoms with Crippen molar-refractivity contribution in [2.75, 3.05) is 6.61 Å². The Kier molecular flexibility index (Phi) is 2.40. The highest BCUT2D eigenvalue weighted by Gasteiger charge is 2.62. The first-order valence-electron chi connectivity index (χ1n) is 4.29. The molecule has 1 spiro atoms. The summed E-state index contributed by atoms with van der Waals surface area (Å²) in [7, 11) is 0. The Morgan fingerprint density at radius 1 is 1.53 bits per heavy atom. The van der Waals surface area contributed by atoms with Gasteiger partial charge in [0.05, 0.1) is 6.61 Å². The number of carbonyl (C=O) groups excluding carboxylic acids is 1. The fourth-order valence-corrected chi connectivity index (χ4v) is 1.96. The first-order chi connectivity index (χ1) is 7.01. The van der Waals surface area contributed by atoms with Gasteiger partial charge >= 0.3 is 0 Å². The van der Waals surface area contributed by atoms with Gasteiger partial charge < -0.3 is 25.4 Å². The number of nitrogens with one attached hydrogen (secondary N) is 2. The molecule has 0 unspecified atom stereocenters. The number of amides is 1. The van der Waals surface area contributed by atoms with E-state index in [4.69, 9.17) is 22.1 Å². The van der Waals surface area contributed by atoms with Crippen molar-refractivity contribution < 1.29 is 24.9 Å². The van der Waals surface area contributed by atoms with Gasteiger partial charge in [-0.05, 0) is 12.2 Å². The fourth-order valence-electron chi connectivity index (χ4n) is 1.71. The first kappa shape index (κ1) is 10.7. The van der Waals surface area contributed by atoms with E-state index in [0.29, 0.717) is 0 Å². The minimum Gasteiger partial charge on any atom is -0.394 e. The molecular weight excluding hydrogens is 224 g/mol. The zero-order valence-corrected chi connectivity index (χ0v) is 8.32. The third kappa shape index (κ3) is 1.34. The van der Waals surface area contributed by atoms with E-state index in [9.17, 15) is 15.0 Å². The van der Waals surface area contributed by atoms with Crippen LogP contribution in [0.3, 0.4) is 0 Å². The molecule has 2 saturated heterocycles. The van der Waals surface area contributed by atoms with Gasteiger partial charge in [-0.2, -0.15) is 0 Å². The Hall–Kier alpha value is -0.800. The minimum atomic E-state index is -1.77. The van der Waals surface area contributed by atoms with Crippen LogP contribution in [0.25, 0.3) is 0 Å². The lowest BCUT2D eigenvalue weighted by molar-refractivity contribution is -0.153. The molecule has 2 heterocycles. The molecule has 0 aromatic heterocycles. The smallest absolute Gasteiger partial charge is 0.282 e. The summed E-state index contributed by atoms with van der Waals surface area (Å²) < 4.78 is 5.11. The lowest BCUT2D eigenvalue weighted by Gasteiger charge is -2.23. The van der Waals surface area contributed by atoms with Crippen molar-refractivity contribution in [2.45, 2.75) is 24.0 Å². The molecule has 8 heteroatoms. The highest BCUT2D eigenvalue weighted by Crippen LogP contribution is 2.31. The van der Waals surface area contributed by atoms with Gasteiger partial charge in [0.15, 0.2) is 5.11 Å². The summed E-state index contributed by atoms with van der Waals surface area (Å²) in [5, 5.41) is 32.7. The maximum absolute atomic E-state index is 11.5. The highest BCUT2D eigenvalue weighted by molar-refractivity contribution is 7.80. The Morgan fingerprint density at radius 2 is 2.20 bits per heavy atom. The molecule has 0 bridgehead atoms. The largest absolute Gasteiger partial charge is 0.394 e. The van der Waals surface area contributed by atoms with Crippen LogP contribution in [0.15, 0.2) is 0 Å². The van der Waals surface area contributed by atoms with Crippen molar-refractivity contribution in [2.24, 2.45) is 0 Å². The van der Waals surface area contributed by atoms with Crippen LogP contribution in [0.2, 0.25) is 0 Å². The number of hydrogen-bond donors (Lipinski definition) is 5.